The van der Waals surface area contributed by atoms with Crippen LogP contribution in [0.3, 0.4) is 0 Å². The Morgan fingerprint density at radius 1 is 1.11 bits per heavy atom. The summed E-state index contributed by atoms with van der Waals surface area (Å²) in [6, 6.07) is 13.7. The summed E-state index contributed by atoms with van der Waals surface area (Å²) in [5, 5.41) is 9.00. The highest BCUT2D eigenvalue weighted by molar-refractivity contribution is 5.88. The van der Waals surface area contributed by atoms with Gasteiger partial charge in [0.2, 0.25) is 0 Å². The Hall–Kier alpha value is -2.49. The van der Waals surface area contributed by atoms with Gasteiger partial charge < -0.3 is 14.6 Å². The first-order valence-corrected chi connectivity index (χ1v) is 5.93. The molecule has 98 valence electrons. The molecular formula is C15H14O4. The largest absolute Gasteiger partial charge is 0.490 e. The molecule has 0 aliphatic carbocycles. The quantitative estimate of drug-likeness (QED) is 0.890. The van der Waals surface area contributed by atoms with E-state index in [-0.39, 0.29) is 5.56 Å². The number of rotatable bonds is 5. The average molecular weight is 258 g/mol. The number of hydrogen-bond acceptors (Lipinski definition) is 3. The van der Waals surface area contributed by atoms with Crippen LogP contribution in [0.25, 0.3) is 0 Å². The van der Waals surface area contributed by atoms with Gasteiger partial charge in [-0.15, -0.1) is 0 Å². The van der Waals surface area contributed by atoms with Crippen LogP contribution in [0.15, 0.2) is 48.5 Å². The first kappa shape index (κ1) is 13.0. The lowest BCUT2D eigenvalue weighted by Crippen LogP contribution is -2.00. The smallest absolute Gasteiger partial charge is 0.335 e. The van der Waals surface area contributed by atoms with Gasteiger partial charge in [0.05, 0.1) is 12.2 Å². The molecule has 4 nitrogen and oxygen atoms in total. The number of ether oxygens (including phenoxy) is 2. The predicted octanol–water partition coefficient (Wildman–Crippen LogP) is 3.58. The van der Waals surface area contributed by atoms with Gasteiger partial charge in [0.15, 0.2) is 11.5 Å². The Kier molecular flexibility index (Phi) is 4.03. The van der Waals surface area contributed by atoms with E-state index in [4.69, 9.17) is 14.6 Å². The van der Waals surface area contributed by atoms with Crippen LogP contribution < -0.4 is 9.47 Å². The molecule has 0 bridgehead atoms. The maximum absolute atomic E-state index is 11.0. The summed E-state index contributed by atoms with van der Waals surface area (Å²) in [7, 11) is 0. The number of benzene rings is 2. The van der Waals surface area contributed by atoms with Gasteiger partial charge in [-0.05, 0) is 37.3 Å². The monoisotopic (exact) mass is 258 g/mol. The number of aromatic carboxylic acids is 1. The molecule has 2 aromatic carbocycles. The van der Waals surface area contributed by atoms with Crippen LogP contribution in [-0.4, -0.2) is 17.7 Å². The predicted molar refractivity (Wildman–Crippen MR) is 71.1 cm³/mol. The number of carboxylic acids is 1. The average Bonchev–Trinajstić information content (AvgIpc) is 2.42. The highest BCUT2D eigenvalue weighted by Gasteiger charge is 2.11. The maximum Gasteiger partial charge on any atom is 0.335 e. The summed E-state index contributed by atoms with van der Waals surface area (Å²) in [4.78, 5) is 11.0. The minimum absolute atomic E-state index is 0.161. The van der Waals surface area contributed by atoms with Gasteiger partial charge in [-0.3, -0.25) is 0 Å². The molecule has 0 fully saturated rings. The second-order valence-electron chi connectivity index (χ2n) is 3.81. The van der Waals surface area contributed by atoms with Gasteiger partial charge in [0.1, 0.15) is 5.75 Å². The van der Waals surface area contributed by atoms with Crippen molar-refractivity contribution in [2.75, 3.05) is 6.61 Å². The third-order valence-corrected chi connectivity index (χ3v) is 2.46. The molecule has 0 heterocycles. The Morgan fingerprint density at radius 2 is 1.84 bits per heavy atom. The van der Waals surface area contributed by atoms with E-state index in [9.17, 15) is 4.79 Å². The van der Waals surface area contributed by atoms with Crippen LogP contribution in [0, 0.1) is 0 Å². The maximum atomic E-state index is 11.0. The van der Waals surface area contributed by atoms with E-state index in [2.05, 4.69) is 0 Å². The van der Waals surface area contributed by atoms with E-state index < -0.39 is 5.97 Å². The molecule has 0 unspecified atom stereocenters. The molecule has 0 aliphatic rings. The summed E-state index contributed by atoms with van der Waals surface area (Å²) in [6.45, 7) is 2.34. The molecule has 2 rings (SSSR count). The van der Waals surface area contributed by atoms with Crippen LogP contribution in [0.4, 0.5) is 0 Å². The van der Waals surface area contributed by atoms with E-state index in [0.717, 1.165) is 0 Å². The summed E-state index contributed by atoms with van der Waals surface area (Å²) >= 11 is 0. The van der Waals surface area contributed by atoms with E-state index in [1.165, 1.54) is 12.1 Å². The van der Waals surface area contributed by atoms with Crippen molar-refractivity contribution in [1.82, 2.24) is 0 Å². The normalized spacial score (nSPS) is 9.95. The standard InChI is InChI=1S/C15H14O4/c1-2-18-13-9-8-11(15(16)17)10-14(13)19-12-6-4-3-5-7-12/h3-10H,2H2,1H3,(H,16,17). The SMILES string of the molecule is CCOc1ccc(C(=O)O)cc1Oc1ccccc1. The molecule has 0 aliphatic heterocycles. The fourth-order valence-corrected chi connectivity index (χ4v) is 1.61. The summed E-state index contributed by atoms with van der Waals surface area (Å²) in [5.74, 6) is 0.552. The van der Waals surface area contributed by atoms with E-state index >= 15 is 0 Å². The summed E-state index contributed by atoms with van der Waals surface area (Å²) in [6.07, 6.45) is 0. The molecule has 0 aromatic heterocycles. The van der Waals surface area contributed by atoms with Crippen LogP contribution >= 0.6 is 0 Å². The first-order valence-electron chi connectivity index (χ1n) is 5.93. The molecule has 0 amide bonds. The van der Waals surface area contributed by atoms with Crippen molar-refractivity contribution in [1.29, 1.82) is 0 Å². The minimum Gasteiger partial charge on any atom is -0.490 e. The second kappa shape index (κ2) is 5.91. The zero-order valence-electron chi connectivity index (χ0n) is 10.5. The van der Waals surface area contributed by atoms with Crippen molar-refractivity contribution < 1.29 is 19.4 Å². The fraction of sp³-hybridized carbons (Fsp3) is 0.133. The lowest BCUT2D eigenvalue weighted by atomic mass is 10.2. The molecule has 1 N–H and O–H groups in total. The van der Waals surface area contributed by atoms with Gasteiger partial charge in [-0.1, -0.05) is 18.2 Å². The van der Waals surface area contributed by atoms with Gasteiger partial charge in [0, 0.05) is 0 Å². The van der Waals surface area contributed by atoms with Crippen molar-refractivity contribution in [2.45, 2.75) is 6.92 Å². The topological polar surface area (TPSA) is 55.8 Å². The van der Waals surface area contributed by atoms with E-state index in [1.807, 2.05) is 25.1 Å². The Bertz CT molecular complexity index is 564. The molecule has 0 atom stereocenters. The number of hydrogen-bond donors (Lipinski definition) is 1. The minimum atomic E-state index is -0.999. The Balaban J connectivity index is 2.34. The van der Waals surface area contributed by atoms with Crippen molar-refractivity contribution in [2.24, 2.45) is 0 Å². The van der Waals surface area contributed by atoms with Crippen LogP contribution in [-0.2, 0) is 0 Å². The summed E-state index contributed by atoms with van der Waals surface area (Å²) in [5.41, 5.74) is 0.161. The number of para-hydroxylation sites is 1. The lowest BCUT2D eigenvalue weighted by molar-refractivity contribution is 0.0696. The van der Waals surface area contributed by atoms with E-state index in [0.29, 0.717) is 23.9 Å². The molecule has 0 spiro atoms. The third-order valence-electron chi connectivity index (χ3n) is 2.46. The van der Waals surface area contributed by atoms with Crippen molar-refractivity contribution >= 4 is 5.97 Å². The Morgan fingerprint density at radius 3 is 2.47 bits per heavy atom. The van der Waals surface area contributed by atoms with Crippen molar-refractivity contribution in [3.05, 3.63) is 54.1 Å². The van der Waals surface area contributed by atoms with Crippen LogP contribution in [0.1, 0.15) is 17.3 Å². The zero-order chi connectivity index (χ0) is 13.7. The molecular weight excluding hydrogens is 244 g/mol. The zero-order valence-corrected chi connectivity index (χ0v) is 10.5. The molecule has 19 heavy (non-hydrogen) atoms. The molecule has 4 heteroatoms. The Labute approximate surface area is 111 Å². The first-order chi connectivity index (χ1) is 9.20. The van der Waals surface area contributed by atoms with Crippen LogP contribution in [0.2, 0.25) is 0 Å². The molecule has 0 saturated carbocycles. The fourth-order valence-electron chi connectivity index (χ4n) is 1.61. The number of carboxylic acid groups (broad SMARTS) is 1. The number of carbonyl (C=O) groups is 1. The van der Waals surface area contributed by atoms with Gasteiger partial charge in [0.25, 0.3) is 0 Å². The van der Waals surface area contributed by atoms with Crippen molar-refractivity contribution in [3.63, 3.8) is 0 Å². The second-order valence-corrected chi connectivity index (χ2v) is 3.81. The lowest BCUT2D eigenvalue weighted by Gasteiger charge is -2.12. The van der Waals surface area contributed by atoms with Gasteiger partial charge >= 0.3 is 5.97 Å². The van der Waals surface area contributed by atoms with Gasteiger partial charge in [-0.25, -0.2) is 4.79 Å². The molecule has 0 saturated heterocycles. The van der Waals surface area contributed by atoms with Gasteiger partial charge in [-0.2, -0.15) is 0 Å². The van der Waals surface area contributed by atoms with Crippen molar-refractivity contribution in [3.8, 4) is 17.2 Å². The molecule has 0 radical (unpaired) electrons. The van der Waals surface area contributed by atoms with Crippen LogP contribution in [0.5, 0.6) is 17.2 Å². The highest BCUT2D eigenvalue weighted by atomic mass is 16.5. The summed E-state index contributed by atoms with van der Waals surface area (Å²) < 4.78 is 11.1. The molecule has 2 aromatic rings. The van der Waals surface area contributed by atoms with E-state index in [1.54, 1.807) is 18.2 Å². The third kappa shape index (κ3) is 3.25. The highest BCUT2D eigenvalue weighted by Crippen LogP contribution is 2.32.